The summed E-state index contributed by atoms with van der Waals surface area (Å²) in [4.78, 5) is 25.4. The van der Waals surface area contributed by atoms with Crippen molar-refractivity contribution in [2.24, 2.45) is 0 Å². The fourth-order valence-corrected chi connectivity index (χ4v) is 4.09. The Morgan fingerprint density at radius 1 is 1.11 bits per heavy atom. The molecule has 1 aromatic carbocycles. The maximum absolute atomic E-state index is 13.3. The van der Waals surface area contributed by atoms with Crippen LogP contribution in [0.4, 0.5) is 23.8 Å². The summed E-state index contributed by atoms with van der Waals surface area (Å²) in [5.74, 6) is 1.15. The zero-order chi connectivity index (χ0) is 25.0. The SMILES string of the molecule is CCCCNC(=O)N1CCN(c2nc(CCC)nc3onc(-c4cccc(C(F)(F)F)c4)c23)CC1. The molecule has 0 atom stereocenters. The van der Waals surface area contributed by atoms with Gasteiger partial charge in [-0.1, -0.05) is 37.6 Å². The summed E-state index contributed by atoms with van der Waals surface area (Å²) in [5.41, 5.74) is 0.0222. The highest BCUT2D eigenvalue weighted by molar-refractivity contribution is 5.98. The topological polar surface area (TPSA) is 87.4 Å². The van der Waals surface area contributed by atoms with Gasteiger partial charge in [0.05, 0.1) is 5.56 Å². The Morgan fingerprint density at radius 3 is 2.57 bits per heavy atom. The number of rotatable bonds is 7. The van der Waals surface area contributed by atoms with Crippen molar-refractivity contribution in [3.63, 3.8) is 0 Å². The molecule has 4 rings (SSSR count). The predicted octanol–water partition coefficient (Wildman–Crippen LogP) is 4.89. The standard InChI is InChI=1S/C24H29F3N6O2/c1-3-5-10-28-23(34)33-13-11-32(12-14-33)21-19-20(16-8-6-9-17(15-16)24(25,26)27)31-35-22(19)30-18(29-21)7-4-2/h6,8-9,15H,3-5,7,10-14H2,1-2H3,(H,28,34). The van der Waals surface area contributed by atoms with Crippen LogP contribution in [0.1, 0.15) is 44.5 Å². The molecule has 8 nitrogen and oxygen atoms in total. The van der Waals surface area contributed by atoms with Crippen molar-refractivity contribution >= 4 is 22.9 Å². The van der Waals surface area contributed by atoms with Crippen LogP contribution < -0.4 is 10.2 Å². The first-order valence-corrected chi connectivity index (χ1v) is 11.9. The van der Waals surface area contributed by atoms with E-state index in [0.29, 0.717) is 56.2 Å². The molecule has 11 heteroatoms. The third kappa shape index (κ3) is 5.49. The first kappa shape index (κ1) is 24.7. The van der Waals surface area contributed by atoms with Crippen LogP contribution in [-0.4, -0.2) is 58.8 Å². The second-order valence-electron chi connectivity index (χ2n) is 8.56. The Balaban J connectivity index is 1.66. The molecule has 0 bridgehead atoms. The molecule has 0 unspecified atom stereocenters. The van der Waals surface area contributed by atoms with Crippen molar-refractivity contribution in [1.29, 1.82) is 0 Å². The molecular formula is C24H29F3N6O2. The van der Waals surface area contributed by atoms with Gasteiger partial charge in [-0.05, 0) is 25.0 Å². The molecule has 0 spiro atoms. The number of unbranched alkanes of at least 4 members (excludes halogenated alkanes) is 1. The number of aryl methyl sites for hydroxylation is 1. The number of benzene rings is 1. The number of urea groups is 1. The highest BCUT2D eigenvalue weighted by Gasteiger charge is 2.32. The van der Waals surface area contributed by atoms with Gasteiger partial charge in [-0.15, -0.1) is 0 Å². The molecule has 0 saturated carbocycles. The number of hydrogen-bond donors (Lipinski definition) is 1. The Bertz CT molecular complexity index is 1170. The summed E-state index contributed by atoms with van der Waals surface area (Å²) in [5, 5.41) is 7.49. The van der Waals surface area contributed by atoms with Crippen LogP contribution in [0.15, 0.2) is 28.8 Å². The van der Waals surface area contributed by atoms with Crippen molar-refractivity contribution in [3.05, 3.63) is 35.7 Å². The van der Waals surface area contributed by atoms with Crippen molar-refractivity contribution in [1.82, 2.24) is 25.3 Å². The fraction of sp³-hybridized carbons (Fsp3) is 0.500. The second kappa shape index (κ2) is 10.5. The monoisotopic (exact) mass is 490 g/mol. The van der Waals surface area contributed by atoms with E-state index in [1.54, 1.807) is 11.0 Å². The van der Waals surface area contributed by atoms with Gasteiger partial charge < -0.3 is 19.6 Å². The number of piperazine rings is 1. The summed E-state index contributed by atoms with van der Waals surface area (Å²) in [6, 6.07) is 4.90. The lowest BCUT2D eigenvalue weighted by Crippen LogP contribution is -2.52. The van der Waals surface area contributed by atoms with Crippen LogP contribution in [0.2, 0.25) is 0 Å². The summed E-state index contributed by atoms with van der Waals surface area (Å²) < 4.78 is 45.4. The third-order valence-electron chi connectivity index (χ3n) is 5.97. The summed E-state index contributed by atoms with van der Waals surface area (Å²) >= 11 is 0. The minimum absolute atomic E-state index is 0.0905. The fourth-order valence-electron chi connectivity index (χ4n) is 4.09. The molecular weight excluding hydrogens is 461 g/mol. The third-order valence-corrected chi connectivity index (χ3v) is 5.97. The average molecular weight is 491 g/mol. The van der Waals surface area contributed by atoms with E-state index >= 15 is 0 Å². The van der Waals surface area contributed by atoms with Crippen LogP contribution in [-0.2, 0) is 12.6 Å². The average Bonchev–Trinajstić information content (AvgIpc) is 3.27. The van der Waals surface area contributed by atoms with Gasteiger partial charge in [0.15, 0.2) is 0 Å². The number of fused-ring (bicyclic) bond motifs is 1. The van der Waals surface area contributed by atoms with Gasteiger partial charge in [0.2, 0.25) is 0 Å². The number of aromatic nitrogens is 3. The van der Waals surface area contributed by atoms with Gasteiger partial charge in [0.25, 0.3) is 5.71 Å². The molecule has 2 amide bonds. The first-order chi connectivity index (χ1) is 16.8. The number of halogens is 3. The maximum atomic E-state index is 13.3. The number of nitrogens with one attached hydrogen (secondary N) is 1. The van der Waals surface area contributed by atoms with Crippen molar-refractivity contribution in [2.75, 3.05) is 37.6 Å². The minimum atomic E-state index is -4.47. The Hall–Kier alpha value is -3.37. The molecule has 3 aromatic rings. The molecule has 1 aliphatic rings. The number of carbonyl (C=O) groups excluding carboxylic acids is 1. The van der Waals surface area contributed by atoms with E-state index in [-0.39, 0.29) is 23.0 Å². The Labute approximate surface area is 201 Å². The van der Waals surface area contributed by atoms with Crippen molar-refractivity contribution in [3.8, 4) is 11.3 Å². The van der Waals surface area contributed by atoms with Crippen LogP contribution >= 0.6 is 0 Å². The van der Waals surface area contributed by atoms with E-state index in [4.69, 9.17) is 9.51 Å². The lowest BCUT2D eigenvalue weighted by Gasteiger charge is -2.35. The molecule has 1 aliphatic heterocycles. The zero-order valence-electron chi connectivity index (χ0n) is 19.9. The summed E-state index contributed by atoms with van der Waals surface area (Å²) in [6.07, 6.45) is -1.09. The van der Waals surface area contributed by atoms with E-state index in [1.807, 2.05) is 11.8 Å². The van der Waals surface area contributed by atoms with Gasteiger partial charge in [-0.3, -0.25) is 0 Å². The van der Waals surface area contributed by atoms with Crippen LogP contribution in [0, 0.1) is 0 Å². The number of amides is 2. The van der Waals surface area contributed by atoms with Crippen molar-refractivity contribution in [2.45, 2.75) is 45.7 Å². The van der Waals surface area contributed by atoms with Gasteiger partial charge >= 0.3 is 12.2 Å². The van der Waals surface area contributed by atoms with E-state index in [1.165, 1.54) is 6.07 Å². The van der Waals surface area contributed by atoms with Crippen LogP contribution in [0.5, 0.6) is 0 Å². The molecule has 3 heterocycles. The van der Waals surface area contributed by atoms with E-state index < -0.39 is 11.7 Å². The summed E-state index contributed by atoms with van der Waals surface area (Å²) in [7, 11) is 0. The van der Waals surface area contributed by atoms with E-state index in [2.05, 4.69) is 22.4 Å². The quantitative estimate of drug-likeness (QED) is 0.475. The van der Waals surface area contributed by atoms with E-state index in [9.17, 15) is 18.0 Å². The number of anilines is 1. The lowest BCUT2D eigenvalue weighted by molar-refractivity contribution is -0.137. The van der Waals surface area contributed by atoms with Gasteiger partial charge in [-0.2, -0.15) is 18.2 Å². The Morgan fingerprint density at radius 2 is 1.89 bits per heavy atom. The molecule has 35 heavy (non-hydrogen) atoms. The lowest BCUT2D eigenvalue weighted by atomic mass is 10.1. The van der Waals surface area contributed by atoms with Crippen LogP contribution in [0.25, 0.3) is 22.4 Å². The van der Waals surface area contributed by atoms with E-state index in [0.717, 1.165) is 31.4 Å². The predicted molar refractivity (Wildman–Crippen MR) is 126 cm³/mol. The maximum Gasteiger partial charge on any atom is 0.416 e. The molecule has 1 saturated heterocycles. The molecule has 0 radical (unpaired) electrons. The smallest absolute Gasteiger partial charge is 0.352 e. The zero-order valence-corrected chi connectivity index (χ0v) is 19.9. The van der Waals surface area contributed by atoms with Gasteiger partial charge in [-0.25, -0.2) is 9.78 Å². The first-order valence-electron chi connectivity index (χ1n) is 11.9. The van der Waals surface area contributed by atoms with Gasteiger partial charge in [0.1, 0.15) is 22.7 Å². The highest BCUT2D eigenvalue weighted by atomic mass is 19.4. The molecule has 188 valence electrons. The highest BCUT2D eigenvalue weighted by Crippen LogP contribution is 2.37. The second-order valence-corrected chi connectivity index (χ2v) is 8.56. The van der Waals surface area contributed by atoms with Crippen molar-refractivity contribution < 1.29 is 22.5 Å². The molecule has 1 N–H and O–H groups in total. The van der Waals surface area contributed by atoms with Gasteiger partial charge in [0, 0.05) is 44.7 Å². The Kier molecular flexibility index (Phi) is 7.42. The molecule has 1 fully saturated rings. The number of hydrogen-bond acceptors (Lipinski definition) is 6. The largest absolute Gasteiger partial charge is 0.416 e. The number of carbonyl (C=O) groups is 1. The molecule has 2 aromatic heterocycles. The molecule has 0 aliphatic carbocycles. The normalized spacial score (nSPS) is 14.5. The van der Waals surface area contributed by atoms with Crippen LogP contribution in [0.3, 0.4) is 0 Å². The summed E-state index contributed by atoms with van der Waals surface area (Å²) in [6.45, 7) is 6.76. The number of nitrogens with zero attached hydrogens (tertiary/aromatic N) is 5. The number of alkyl halides is 3. The minimum Gasteiger partial charge on any atom is -0.352 e.